The first kappa shape index (κ1) is 20.5. The smallest absolute Gasteiger partial charge is 0.265 e. The summed E-state index contributed by atoms with van der Waals surface area (Å²) >= 11 is 0. The molecule has 144 valence electrons. The highest BCUT2D eigenvalue weighted by Crippen LogP contribution is 2.31. The molecule has 0 aliphatic carbocycles. The van der Waals surface area contributed by atoms with Gasteiger partial charge in [0.25, 0.3) is 5.91 Å². The molecule has 0 unspecified atom stereocenters. The lowest BCUT2D eigenvalue weighted by molar-refractivity contribution is -0.132. The average molecular weight is 382 g/mol. The van der Waals surface area contributed by atoms with E-state index >= 15 is 0 Å². The molecule has 2 heterocycles. The third kappa shape index (κ3) is 4.89. The van der Waals surface area contributed by atoms with Crippen LogP contribution in [0.5, 0.6) is 5.75 Å². The van der Waals surface area contributed by atoms with Crippen molar-refractivity contribution >= 4 is 29.9 Å². The highest BCUT2D eigenvalue weighted by Gasteiger charge is 2.27. The second kappa shape index (κ2) is 9.78. The molecule has 0 atom stereocenters. The highest BCUT2D eigenvalue weighted by atomic mass is 35.5. The molecular formula is C19H28ClN3O3. The van der Waals surface area contributed by atoms with Gasteiger partial charge in [0.15, 0.2) is 6.61 Å². The van der Waals surface area contributed by atoms with Crippen molar-refractivity contribution in [2.75, 3.05) is 44.2 Å². The lowest BCUT2D eigenvalue weighted by Crippen LogP contribution is -2.44. The van der Waals surface area contributed by atoms with Crippen molar-refractivity contribution in [1.29, 1.82) is 0 Å². The van der Waals surface area contributed by atoms with Crippen molar-refractivity contribution in [2.45, 2.75) is 26.2 Å². The summed E-state index contributed by atoms with van der Waals surface area (Å²) in [6, 6.07) is 7.48. The third-order valence-corrected chi connectivity index (χ3v) is 5.01. The molecule has 0 radical (unpaired) electrons. The summed E-state index contributed by atoms with van der Waals surface area (Å²) in [4.78, 5) is 28.3. The third-order valence-electron chi connectivity index (χ3n) is 5.01. The SMILES string of the molecule is CCNCC1CCN(C(=O)CCN2C(=O)COc3ccccc32)CC1.Cl. The number of hydrogen-bond acceptors (Lipinski definition) is 4. The number of likely N-dealkylation sites (tertiary alicyclic amines) is 1. The number of amides is 2. The Morgan fingerprint density at radius 1 is 1.27 bits per heavy atom. The molecule has 2 amide bonds. The number of ether oxygens (including phenoxy) is 1. The molecule has 3 rings (SSSR count). The molecule has 7 heteroatoms. The molecule has 1 aromatic carbocycles. The number of fused-ring (bicyclic) bond motifs is 1. The number of nitrogens with one attached hydrogen (secondary N) is 1. The van der Waals surface area contributed by atoms with E-state index in [1.165, 1.54) is 0 Å². The van der Waals surface area contributed by atoms with Crippen molar-refractivity contribution in [3.63, 3.8) is 0 Å². The van der Waals surface area contributed by atoms with Crippen molar-refractivity contribution in [2.24, 2.45) is 5.92 Å². The average Bonchev–Trinajstić information content (AvgIpc) is 2.65. The normalized spacial score (nSPS) is 17.3. The van der Waals surface area contributed by atoms with Crippen LogP contribution in [-0.2, 0) is 9.59 Å². The Hall–Kier alpha value is -1.79. The summed E-state index contributed by atoms with van der Waals surface area (Å²) in [7, 11) is 0. The number of rotatable bonds is 6. The minimum absolute atomic E-state index is 0. The Morgan fingerprint density at radius 3 is 2.73 bits per heavy atom. The topological polar surface area (TPSA) is 61.9 Å². The van der Waals surface area contributed by atoms with Crippen molar-refractivity contribution < 1.29 is 14.3 Å². The van der Waals surface area contributed by atoms with E-state index in [1.807, 2.05) is 29.2 Å². The quantitative estimate of drug-likeness (QED) is 0.819. The molecule has 0 saturated carbocycles. The molecule has 1 N–H and O–H groups in total. The van der Waals surface area contributed by atoms with Crippen LogP contribution in [0.25, 0.3) is 0 Å². The van der Waals surface area contributed by atoms with E-state index in [1.54, 1.807) is 4.90 Å². The fourth-order valence-electron chi connectivity index (χ4n) is 3.50. The number of hydrogen-bond donors (Lipinski definition) is 1. The summed E-state index contributed by atoms with van der Waals surface area (Å²) in [6.07, 6.45) is 2.47. The number of carbonyl (C=O) groups excluding carboxylic acids is 2. The van der Waals surface area contributed by atoms with Gasteiger partial charge >= 0.3 is 0 Å². The Labute approximate surface area is 161 Å². The zero-order valence-corrected chi connectivity index (χ0v) is 16.1. The monoisotopic (exact) mass is 381 g/mol. The van der Waals surface area contributed by atoms with Crippen molar-refractivity contribution in [1.82, 2.24) is 10.2 Å². The number of halogens is 1. The highest BCUT2D eigenvalue weighted by molar-refractivity contribution is 5.98. The lowest BCUT2D eigenvalue weighted by Gasteiger charge is -2.33. The van der Waals surface area contributed by atoms with E-state index in [9.17, 15) is 9.59 Å². The molecule has 0 bridgehead atoms. The summed E-state index contributed by atoms with van der Waals surface area (Å²) in [6.45, 7) is 6.25. The molecule has 0 spiro atoms. The molecule has 0 aromatic heterocycles. The van der Waals surface area contributed by atoms with Gasteiger partial charge in [-0.05, 0) is 44.0 Å². The van der Waals surface area contributed by atoms with Crippen LogP contribution in [0.1, 0.15) is 26.2 Å². The Balaban J connectivity index is 0.00000243. The number of nitrogens with zero attached hydrogens (tertiary/aromatic N) is 2. The standard InChI is InChI=1S/C19H27N3O3.ClH/c1-2-20-13-15-7-10-21(11-8-15)18(23)9-12-22-16-5-3-4-6-17(16)25-14-19(22)24;/h3-6,15,20H,2,7-14H2,1H3;1H. The predicted molar refractivity (Wildman–Crippen MR) is 104 cm³/mol. The predicted octanol–water partition coefficient (Wildman–Crippen LogP) is 2.07. The van der Waals surface area contributed by atoms with E-state index in [2.05, 4.69) is 12.2 Å². The van der Waals surface area contributed by atoms with Gasteiger partial charge in [-0.3, -0.25) is 9.59 Å². The number of carbonyl (C=O) groups is 2. The number of benzene rings is 1. The van der Waals surface area contributed by atoms with Gasteiger partial charge in [-0.1, -0.05) is 19.1 Å². The van der Waals surface area contributed by atoms with Crippen LogP contribution in [-0.4, -0.2) is 56.0 Å². The zero-order valence-electron chi connectivity index (χ0n) is 15.3. The van der Waals surface area contributed by atoms with Gasteiger partial charge in [0.2, 0.25) is 5.91 Å². The number of piperidine rings is 1. The van der Waals surface area contributed by atoms with Crippen LogP contribution in [0.2, 0.25) is 0 Å². The van der Waals surface area contributed by atoms with Gasteiger partial charge in [-0.2, -0.15) is 0 Å². The largest absolute Gasteiger partial charge is 0.482 e. The minimum Gasteiger partial charge on any atom is -0.482 e. The first-order chi connectivity index (χ1) is 12.2. The maximum Gasteiger partial charge on any atom is 0.265 e. The van der Waals surface area contributed by atoms with E-state index in [4.69, 9.17) is 4.74 Å². The lowest BCUT2D eigenvalue weighted by atomic mass is 9.96. The van der Waals surface area contributed by atoms with Gasteiger partial charge in [-0.15, -0.1) is 12.4 Å². The summed E-state index contributed by atoms with van der Waals surface area (Å²) < 4.78 is 5.44. The first-order valence-electron chi connectivity index (χ1n) is 9.19. The van der Waals surface area contributed by atoms with Crippen LogP contribution in [0.15, 0.2) is 24.3 Å². The van der Waals surface area contributed by atoms with E-state index in [0.29, 0.717) is 24.6 Å². The number of anilines is 1. The fraction of sp³-hybridized carbons (Fsp3) is 0.579. The second-order valence-electron chi connectivity index (χ2n) is 6.68. The summed E-state index contributed by atoms with van der Waals surface area (Å²) in [5.74, 6) is 1.42. The van der Waals surface area contributed by atoms with Gasteiger partial charge in [-0.25, -0.2) is 0 Å². The van der Waals surface area contributed by atoms with Crippen LogP contribution in [0.3, 0.4) is 0 Å². The molecular weight excluding hydrogens is 354 g/mol. The summed E-state index contributed by atoms with van der Waals surface area (Å²) in [5.41, 5.74) is 0.760. The van der Waals surface area contributed by atoms with Crippen LogP contribution in [0.4, 0.5) is 5.69 Å². The van der Waals surface area contributed by atoms with Gasteiger partial charge in [0.05, 0.1) is 5.69 Å². The second-order valence-corrected chi connectivity index (χ2v) is 6.68. The van der Waals surface area contributed by atoms with Crippen molar-refractivity contribution in [3.8, 4) is 5.75 Å². The molecule has 2 aliphatic rings. The maximum absolute atomic E-state index is 12.5. The van der Waals surface area contributed by atoms with Crippen LogP contribution >= 0.6 is 12.4 Å². The molecule has 1 saturated heterocycles. The Bertz CT molecular complexity index is 618. The van der Waals surface area contributed by atoms with E-state index in [0.717, 1.165) is 44.7 Å². The molecule has 1 fully saturated rings. The molecule has 6 nitrogen and oxygen atoms in total. The Kier molecular flexibility index (Phi) is 7.72. The fourth-order valence-corrected chi connectivity index (χ4v) is 3.50. The Morgan fingerprint density at radius 2 is 2.00 bits per heavy atom. The van der Waals surface area contributed by atoms with Gasteiger partial charge in [0.1, 0.15) is 5.75 Å². The van der Waals surface area contributed by atoms with Gasteiger partial charge in [0, 0.05) is 26.1 Å². The molecule has 26 heavy (non-hydrogen) atoms. The van der Waals surface area contributed by atoms with Crippen LogP contribution < -0.4 is 15.0 Å². The van der Waals surface area contributed by atoms with E-state index < -0.39 is 0 Å². The van der Waals surface area contributed by atoms with E-state index in [-0.39, 0.29) is 30.8 Å². The zero-order chi connectivity index (χ0) is 17.6. The van der Waals surface area contributed by atoms with Crippen LogP contribution in [0, 0.1) is 5.92 Å². The molecule has 2 aliphatic heterocycles. The first-order valence-corrected chi connectivity index (χ1v) is 9.19. The van der Waals surface area contributed by atoms with Gasteiger partial charge < -0.3 is 19.9 Å². The summed E-state index contributed by atoms with van der Waals surface area (Å²) in [5, 5.41) is 3.39. The number of para-hydroxylation sites is 2. The molecule has 1 aromatic rings. The maximum atomic E-state index is 12.5. The van der Waals surface area contributed by atoms with Crippen molar-refractivity contribution in [3.05, 3.63) is 24.3 Å². The minimum atomic E-state index is -0.0872.